The maximum Gasteiger partial charge on any atom is 0.0985 e. The van der Waals surface area contributed by atoms with Gasteiger partial charge >= 0.3 is 0 Å². The molecule has 0 radical (unpaired) electrons. The highest BCUT2D eigenvalue weighted by atomic mass is 16.3. The van der Waals surface area contributed by atoms with E-state index < -0.39 is 17.8 Å². The van der Waals surface area contributed by atoms with Crippen molar-refractivity contribution in [3.8, 4) is 0 Å². The Hall–Kier alpha value is -0.120. The summed E-state index contributed by atoms with van der Waals surface area (Å²) in [6.45, 7) is 14.5. The third kappa shape index (κ3) is 3.72. The van der Waals surface area contributed by atoms with Crippen LogP contribution in [0.15, 0.2) is 0 Å². The van der Waals surface area contributed by atoms with E-state index >= 15 is 0 Å². The van der Waals surface area contributed by atoms with E-state index in [1.807, 2.05) is 0 Å². The fraction of sp³-hybridized carbons (Fsp3) is 1.00. The first-order chi connectivity index (χ1) is 15.0. The van der Waals surface area contributed by atoms with Gasteiger partial charge in [-0.25, -0.2) is 0 Å². The Morgan fingerprint density at radius 2 is 1.62 bits per heavy atom. The van der Waals surface area contributed by atoms with E-state index in [1.165, 1.54) is 44.9 Å². The number of hydrogen-bond acceptors (Lipinski definition) is 3. The molecule has 4 fully saturated rings. The zero-order valence-electron chi connectivity index (χ0n) is 21.8. The normalized spacial score (nSPS) is 50.4. The molecule has 0 aromatic heterocycles. The second-order valence-electron chi connectivity index (χ2n) is 13.6. The van der Waals surface area contributed by atoms with Crippen molar-refractivity contribution in [3.63, 3.8) is 0 Å². The van der Waals surface area contributed by atoms with Crippen LogP contribution in [0.2, 0.25) is 0 Å². The van der Waals surface area contributed by atoms with Crippen LogP contribution in [0.3, 0.4) is 0 Å². The summed E-state index contributed by atoms with van der Waals surface area (Å²) >= 11 is 0. The highest BCUT2D eigenvalue weighted by Gasteiger charge is 2.67. The number of aliphatic hydroxyl groups is 3. The predicted molar refractivity (Wildman–Crippen MR) is 131 cm³/mol. The second kappa shape index (κ2) is 8.83. The molecule has 0 aliphatic heterocycles. The Morgan fingerprint density at radius 3 is 2.28 bits per heavy atom. The van der Waals surface area contributed by atoms with Crippen molar-refractivity contribution in [1.82, 2.24) is 0 Å². The van der Waals surface area contributed by atoms with Crippen molar-refractivity contribution in [2.75, 3.05) is 0 Å². The molecule has 0 aromatic rings. The fourth-order valence-electron chi connectivity index (χ4n) is 9.92. The van der Waals surface area contributed by atoms with Crippen molar-refractivity contribution in [3.05, 3.63) is 0 Å². The highest BCUT2D eigenvalue weighted by molar-refractivity contribution is 5.17. The van der Waals surface area contributed by atoms with Gasteiger partial charge in [-0.15, -0.1) is 0 Å². The third-order valence-corrected chi connectivity index (χ3v) is 12.1. The summed E-state index contributed by atoms with van der Waals surface area (Å²) in [5.41, 5.74) is -0.984. The molecule has 4 rings (SSSR count). The lowest BCUT2D eigenvalue weighted by Gasteiger charge is -2.65. The van der Waals surface area contributed by atoms with Gasteiger partial charge in [-0.2, -0.15) is 0 Å². The van der Waals surface area contributed by atoms with E-state index in [0.717, 1.165) is 42.9 Å². The zero-order chi connectivity index (χ0) is 23.5. The molecule has 3 N–H and O–H groups in total. The van der Waals surface area contributed by atoms with Crippen LogP contribution in [-0.4, -0.2) is 33.1 Å². The van der Waals surface area contributed by atoms with Crippen molar-refractivity contribution >= 4 is 0 Å². The van der Waals surface area contributed by atoms with Gasteiger partial charge in [0.15, 0.2) is 0 Å². The Morgan fingerprint density at radius 1 is 0.906 bits per heavy atom. The monoisotopic (exact) mass is 448 g/mol. The molecule has 11 atom stereocenters. The van der Waals surface area contributed by atoms with Crippen LogP contribution in [0.1, 0.15) is 112 Å². The Kier molecular flexibility index (Phi) is 6.89. The molecule has 186 valence electrons. The average molecular weight is 449 g/mol. The number of fused-ring (bicyclic) bond motifs is 5. The van der Waals surface area contributed by atoms with E-state index in [1.54, 1.807) is 0 Å². The predicted octanol–water partition coefficient (Wildman–Crippen LogP) is 6.19. The van der Waals surface area contributed by atoms with Crippen molar-refractivity contribution < 1.29 is 15.3 Å². The molecule has 2 unspecified atom stereocenters. The van der Waals surface area contributed by atoms with Crippen LogP contribution in [-0.2, 0) is 0 Å². The van der Waals surface area contributed by atoms with Gasteiger partial charge in [0, 0.05) is 11.8 Å². The van der Waals surface area contributed by atoms with Gasteiger partial charge in [0.1, 0.15) is 0 Å². The minimum Gasteiger partial charge on any atom is -0.393 e. The minimum absolute atomic E-state index is 0.259. The molecule has 0 aromatic carbocycles. The molecule has 0 saturated heterocycles. The molecular weight excluding hydrogens is 396 g/mol. The lowest BCUT2D eigenvalue weighted by molar-refractivity contribution is -0.264. The fourth-order valence-corrected chi connectivity index (χ4v) is 9.92. The molecule has 0 spiro atoms. The maximum absolute atomic E-state index is 11.7. The molecule has 0 bridgehead atoms. The van der Waals surface area contributed by atoms with Crippen LogP contribution in [0.5, 0.6) is 0 Å². The standard InChI is InChI=1S/C29H52O3/c1-7-20(18(2)3)9-8-19(4)23-10-11-24-22-16-26(31)29(32)17-21(30)12-15-28(29,6)25(22)13-14-27(23,24)5/h18-26,30-32H,7-17H2,1-6H3/t19-,20-,21+,22+,23-,24?,25?,26-,27-,28-,29+/m1/s1. The van der Waals surface area contributed by atoms with Gasteiger partial charge in [0.2, 0.25) is 0 Å². The number of rotatable bonds is 6. The topological polar surface area (TPSA) is 60.7 Å². The number of aliphatic hydroxyl groups excluding tert-OH is 2. The molecule has 4 aliphatic carbocycles. The average Bonchev–Trinajstić information content (AvgIpc) is 3.08. The quantitative estimate of drug-likeness (QED) is 0.454. The zero-order valence-corrected chi connectivity index (χ0v) is 21.8. The summed E-state index contributed by atoms with van der Waals surface area (Å²) in [6.07, 6.45) is 10.7. The Bertz CT molecular complexity index is 663. The van der Waals surface area contributed by atoms with E-state index in [0.29, 0.717) is 29.6 Å². The van der Waals surface area contributed by atoms with E-state index in [2.05, 4.69) is 41.5 Å². The van der Waals surface area contributed by atoms with E-state index in [-0.39, 0.29) is 5.41 Å². The lowest BCUT2D eigenvalue weighted by Crippen LogP contribution is -2.68. The SMILES string of the molecule is CC[C@H](CC[C@@H](C)[C@H]1CCC2[C@@H]3C[C@@H](O)[C@@]4(O)C[C@@H](O)CC[C@]4(C)C3CC[C@@]21C)C(C)C. The highest BCUT2D eigenvalue weighted by Crippen LogP contribution is 2.69. The van der Waals surface area contributed by atoms with Crippen LogP contribution < -0.4 is 0 Å². The second-order valence-corrected chi connectivity index (χ2v) is 13.6. The molecule has 4 saturated carbocycles. The first-order valence-corrected chi connectivity index (χ1v) is 14.1. The summed E-state index contributed by atoms with van der Waals surface area (Å²) in [5.74, 6) is 4.92. The Balaban J connectivity index is 1.51. The minimum atomic E-state index is -1.11. The van der Waals surface area contributed by atoms with Crippen molar-refractivity contribution in [2.24, 2.45) is 52.3 Å². The molecule has 3 nitrogen and oxygen atoms in total. The van der Waals surface area contributed by atoms with E-state index in [9.17, 15) is 15.3 Å². The summed E-state index contributed by atoms with van der Waals surface area (Å²) in [7, 11) is 0. The molecule has 3 heteroatoms. The molecular formula is C29H52O3. The van der Waals surface area contributed by atoms with Crippen LogP contribution >= 0.6 is 0 Å². The van der Waals surface area contributed by atoms with Gasteiger partial charge in [-0.05, 0) is 98.2 Å². The lowest BCUT2D eigenvalue weighted by atomic mass is 9.42. The van der Waals surface area contributed by atoms with Crippen molar-refractivity contribution in [1.29, 1.82) is 0 Å². The summed E-state index contributed by atoms with van der Waals surface area (Å²) in [6, 6.07) is 0. The van der Waals surface area contributed by atoms with E-state index in [4.69, 9.17) is 0 Å². The molecule has 32 heavy (non-hydrogen) atoms. The van der Waals surface area contributed by atoms with Crippen LogP contribution in [0.25, 0.3) is 0 Å². The largest absolute Gasteiger partial charge is 0.393 e. The first kappa shape index (κ1) is 25.0. The first-order valence-electron chi connectivity index (χ1n) is 14.1. The van der Waals surface area contributed by atoms with Gasteiger partial charge in [-0.1, -0.05) is 54.4 Å². The molecule has 4 aliphatic rings. The van der Waals surface area contributed by atoms with Gasteiger partial charge in [0.25, 0.3) is 0 Å². The maximum atomic E-state index is 11.7. The molecule has 0 heterocycles. The third-order valence-electron chi connectivity index (χ3n) is 12.1. The van der Waals surface area contributed by atoms with Gasteiger partial charge in [-0.3, -0.25) is 0 Å². The molecule has 0 amide bonds. The van der Waals surface area contributed by atoms with Gasteiger partial charge < -0.3 is 15.3 Å². The Labute approximate surface area is 197 Å². The van der Waals surface area contributed by atoms with Crippen LogP contribution in [0, 0.1) is 52.3 Å². The van der Waals surface area contributed by atoms with Crippen LogP contribution in [0.4, 0.5) is 0 Å². The summed E-state index contributed by atoms with van der Waals surface area (Å²) in [5, 5.41) is 33.2. The van der Waals surface area contributed by atoms with Gasteiger partial charge in [0.05, 0.1) is 17.8 Å². The summed E-state index contributed by atoms with van der Waals surface area (Å²) in [4.78, 5) is 0. The van der Waals surface area contributed by atoms with Crippen molar-refractivity contribution in [2.45, 2.75) is 130 Å². The number of hydrogen-bond donors (Lipinski definition) is 3. The summed E-state index contributed by atoms with van der Waals surface area (Å²) < 4.78 is 0. The smallest absolute Gasteiger partial charge is 0.0985 e.